The smallest absolute Gasteiger partial charge is 0.295 e. The molecule has 7 nitrogen and oxygen atoms in total. The summed E-state index contributed by atoms with van der Waals surface area (Å²) in [5, 5.41) is 0. The van der Waals surface area contributed by atoms with Crippen molar-refractivity contribution in [1.82, 2.24) is 18.7 Å². The highest BCUT2D eigenvalue weighted by atomic mass is 16.2. The van der Waals surface area contributed by atoms with Gasteiger partial charge in [0.2, 0.25) is 0 Å². The Morgan fingerprint density at radius 2 is 1.65 bits per heavy atom. The van der Waals surface area contributed by atoms with Crippen molar-refractivity contribution in [2.75, 3.05) is 0 Å². The summed E-state index contributed by atoms with van der Waals surface area (Å²) in [5.41, 5.74) is 0.981. The van der Waals surface area contributed by atoms with E-state index in [-0.39, 0.29) is 5.69 Å². The molecule has 2 heterocycles. The largest absolute Gasteiger partial charge is 0.332 e. The van der Waals surface area contributed by atoms with E-state index < -0.39 is 11.2 Å². The summed E-state index contributed by atoms with van der Waals surface area (Å²) in [6.07, 6.45) is 1.41. The van der Waals surface area contributed by atoms with E-state index in [4.69, 9.17) is 0 Å². The number of rotatable bonds is 1. The van der Waals surface area contributed by atoms with Gasteiger partial charge in [-0.05, 0) is 18.2 Å². The van der Waals surface area contributed by atoms with Gasteiger partial charge in [-0.15, -0.1) is 0 Å². The highest BCUT2D eigenvalue weighted by molar-refractivity contribution is 5.78. The lowest BCUT2D eigenvalue weighted by Gasteiger charge is -2.05. The van der Waals surface area contributed by atoms with Crippen LogP contribution >= 0.6 is 0 Å². The Balaban J connectivity index is 2.34. The molecule has 1 N–H and O–H groups in total. The number of H-pyrrole nitrogens is 1. The van der Waals surface area contributed by atoms with Crippen LogP contribution < -0.4 is 16.9 Å². The zero-order chi connectivity index (χ0) is 14.4. The molecule has 102 valence electrons. The lowest BCUT2D eigenvalue weighted by molar-refractivity contribution is 0.795. The van der Waals surface area contributed by atoms with Crippen LogP contribution in [-0.4, -0.2) is 18.7 Å². The number of aromatic amines is 1. The third kappa shape index (κ3) is 1.63. The normalized spacial score (nSPS) is 11.1. The third-order valence-electron chi connectivity index (χ3n) is 3.36. The molecule has 7 heteroatoms. The van der Waals surface area contributed by atoms with E-state index in [1.807, 2.05) is 0 Å². The zero-order valence-corrected chi connectivity index (χ0v) is 11.0. The van der Waals surface area contributed by atoms with Crippen molar-refractivity contribution in [3.05, 3.63) is 61.8 Å². The van der Waals surface area contributed by atoms with Crippen molar-refractivity contribution in [2.24, 2.45) is 14.1 Å². The second-order valence-electron chi connectivity index (χ2n) is 4.55. The number of imidazole rings is 1. The lowest BCUT2D eigenvalue weighted by atomic mass is 10.2. The molecule has 3 rings (SSSR count). The number of hydrogen-bond acceptors (Lipinski definition) is 3. The molecule has 0 amide bonds. The van der Waals surface area contributed by atoms with Gasteiger partial charge in [-0.1, -0.05) is 0 Å². The van der Waals surface area contributed by atoms with Crippen molar-refractivity contribution >= 4 is 11.0 Å². The summed E-state index contributed by atoms with van der Waals surface area (Å²) in [4.78, 5) is 36.9. The average Bonchev–Trinajstić information content (AvgIpc) is 2.64. The van der Waals surface area contributed by atoms with E-state index in [1.54, 1.807) is 32.3 Å². The minimum atomic E-state index is -0.516. The molecule has 0 radical (unpaired) electrons. The van der Waals surface area contributed by atoms with Crippen LogP contribution in [0.25, 0.3) is 16.7 Å². The number of aryl methyl sites for hydroxylation is 2. The molecule has 0 unspecified atom stereocenters. The molecule has 0 saturated heterocycles. The van der Waals surface area contributed by atoms with Crippen molar-refractivity contribution in [3.8, 4) is 5.69 Å². The summed E-state index contributed by atoms with van der Waals surface area (Å²) < 4.78 is 4.36. The van der Waals surface area contributed by atoms with Gasteiger partial charge >= 0.3 is 11.4 Å². The first-order valence-electron chi connectivity index (χ1n) is 5.97. The maximum atomic E-state index is 11.9. The van der Waals surface area contributed by atoms with E-state index in [9.17, 15) is 14.4 Å². The van der Waals surface area contributed by atoms with E-state index in [0.717, 1.165) is 5.52 Å². The Hall–Kier alpha value is -2.83. The Morgan fingerprint density at radius 1 is 0.950 bits per heavy atom. The lowest BCUT2D eigenvalue weighted by Crippen LogP contribution is -2.27. The van der Waals surface area contributed by atoms with Gasteiger partial charge in [-0.3, -0.25) is 23.5 Å². The first-order chi connectivity index (χ1) is 9.49. The Labute approximate surface area is 112 Å². The van der Waals surface area contributed by atoms with Crippen LogP contribution in [0.1, 0.15) is 0 Å². The second kappa shape index (κ2) is 4.09. The maximum Gasteiger partial charge on any atom is 0.332 e. The second-order valence-corrected chi connectivity index (χ2v) is 4.55. The summed E-state index contributed by atoms with van der Waals surface area (Å²) in [6, 6.07) is 6.50. The molecule has 0 fully saturated rings. The molecule has 20 heavy (non-hydrogen) atoms. The maximum absolute atomic E-state index is 11.9. The molecule has 0 bridgehead atoms. The van der Waals surface area contributed by atoms with Gasteiger partial charge in [0.25, 0.3) is 5.56 Å². The fourth-order valence-corrected chi connectivity index (χ4v) is 2.27. The number of nitrogens with one attached hydrogen (secondary N) is 1. The summed E-state index contributed by atoms with van der Waals surface area (Å²) >= 11 is 0. The van der Waals surface area contributed by atoms with Crippen molar-refractivity contribution in [2.45, 2.75) is 0 Å². The number of hydrogen-bond donors (Lipinski definition) is 1. The van der Waals surface area contributed by atoms with Gasteiger partial charge in [-0.2, -0.15) is 0 Å². The van der Waals surface area contributed by atoms with Crippen molar-refractivity contribution in [3.63, 3.8) is 0 Å². The van der Waals surface area contributed by atoms with Crippen LogP contribution in [0.5, 0.6) is 0 Å². The van der Waals surface area contributed by atoms with Crippen LogP contribution in [-0.2, 0) is 14.1 Å². The fraction of sp³-hybridized carbons (Fsp3) is 0.154. The minimum Gasteiger partial charge on any atom is -0.295 e. The standard InChI is InChI=1S/C13H12N4O3/c1-15-9-4-3-8(7-10(9)16(2)13(15)20)17-6-5-11(18)14-12(17)19/h3-7H,1-2H3,(H,14,18,19). The molecule has 0 saturated carbocycles. The van der Waals surface area contributed by atoms with Gasteiger partial charge in [0.1, 0.15) is 0 Å². The highest BCUT2D eigenvalue weighted by Gasteiger charge is 2.09. The first-order valence-corrected chi connectivity index (χ1v) is 5.97. The number of benzene rings is 1. The molecule has 0 aliphatic rings. The minimum absolute atomic E-state index is 0.133. The first kappa shape index (κ1) is 12.2. The van der Waals surface area contributed by atoms with Crippen molar-refractivity contribution < 1.29 is 0 Å². The molecule has 0 spiro atoms. The average molecular weight is 272 g/mol. The van der Waals surface area contributed by atoms with Crippen LogP contribution in [0.3, 0.4) is 0 Å². The number of aromatic nitrogens is 4. The van der Waals surface area contributed by atoms with Gasteiger partial charge in [0, 0.05) is 26.4 Å². The molecule has 1 aromatic carbocycles. The van der Waals surface area contributed by atoms with Crippen molar-refractivity contribution in [1.29, 1.82) is 0 Å². The molecule has 0 aliphatic carbocycles. The molecule has 3 aromatic rings. The Kier molecular flexibility index (Phi) is 2.50. The van der Waals surface area contributed by atoms with E-state index in [1.165, 1.54) is 26.0 Å². The quantitative estimate of drug-likeness (QED) is 0.661. The van der Waals surface area contributed by atoms with Crippen LogP contribution in [0.15, 0.2) is 44.8 Å². The van der Waals surface area contributed by atoms with Crippen LogP contribution in [0.4, 0.5) is 0 Å². The van der Waals surface area contributed by atoms with Crippen LogP contribution in [0.2, 0.25) is 0 Å². The summed E-state index contributed by atoms with van der Waals surface area (Å²) in [6.45, 7) is 0. The number of fused-ring (bicyclic) bond motifs is 1. The molecule has 2 aromatic heterocycles. The fourth-order valence-electron chi connectivity index (χ4n) is 2.27. The van der Waals surface area contributed by atoms with Gasteiger partial charge in [0.05, 0.1) is 16.7 Å². The topological polar surface area (TPSA) is 81.8 Å². The molecular formula is C13H12N4O3. The summed E-state index contributed by atoms with van der Waals surface area (Å²) in [7, 11) is 3.36. The number of nitrogens with zero attached hydrogens (tertiary/aromatic N) is 3. The Morgan fingerprint density at radius 3 is 2.35 bits per heavy atom. The molecular weight excluding hydrogens is 260 g/mol. The van der Waals surface area contributed by atoms with Gasteiger partial charge < -0.3 is 0 Å². The van der Waals surface area contributed by atoms with E-state index in [0.29, 0.717) is 11.2 Å². The third-order valence-corrected chi connectivity index (χ3v) is 3.36. The van der Waals surface area contributed by atoms with Crippen LogP contribution in [0, 0.1) is 0 Å². The SMILES string of the molecule is Cn1c(=O)n(C)c2cc(-n3ccc(=O)[nH]c3=O)ccc21. The van der Waals surface area contributed by atoms with E-state index in [2.05, 4.69) is 4.98 Å². The molecule has 0 aliphatic heterocycles. The zero-order valence-electron chi connectivity index (χ0n) is 11.0. The highest BCUT2D eigenvalue weighted by Crippen LogP contribution is 2.15. The van der Waals surface area contributed by atoms with E-state index >= 15 is 0 Å². The predicted molar refractivity (Wildman–Crippen MR) is 74.4 cm³/mol. The van der Waals surface area contributed by atoms with Gasteiger partial charge in [0.15, 0.2) is 0 Å². The Bertz CT molecular complexity index is 987. The molecule has 0 atom stereocenters. The monoisotopic (exact) mass is 272 g/mol. The summed E-state index contributed by atoms with van der Waals surface area (Å²) in [5.74, 6) is 0. The predicted octanol–water partition coefficient (Wildman–Crippen LogP) is -0.284. The van der Waals surface area contributed by atoms with Gasteiger partial charge in [-0.25, -0.2) is 9.59 Å².